The van der Waals surface area contributed by atoms with Crippen LogP contribution in [0.3, 0.4) is 0 Å². The molecule has 2 rings (SSSR count). The standard InChI is InChI=1S/C13H15N3O2/c1-8-12(18-9(2)15-8)13(17)16(3)11-6-4-5-10(14)7-11/h4-7H,14H2,1-3H3. The molecule has 0 saturated carbocycles. The maximum atomic E-state index is 12.2. The van der Waals surface area contributed by atoms with Gasteiger partial charge in [0.05, 0.1) is 5.69 Å². The van der Waals surface area contributed by atoms with Crippen molar-refractivity contribution in [1.82, 2.24) is 4.98 Å². The molecule has 18 heavy (non-hydrogen) atoms. The lowest BCUT2D eigenvalue weighted by Gasteiger charge is -2.16. The van der Waals surface area contributed by atoms with Crippen LogP contribution >= 0.6 is 0 Å². The van der Waals surface area contributed by atoms with Crippen molar-refractivity contribution in [2.24, 2.45) is 0 Å². The van der Waals surface area contributed by atoms with Crippen LogP contribution in [0.4, 0.5) is 11.4 Å². The van der Waals surface area contributed by atoms with Gasteiger partial charge in [-0.1, -0.05) is 6.07 Å². The van der Waals surface area contributed by atoms with Crippen LogP contribution in [0.25, 0.3) is 0 Å². The highest BCUT2D eigenvalue weighted by atomic mass is 16.4. The van der Waals surface area contributed by atoms with E-state index in [1.54, 1.807) is 39.1 Å². The van der Waals surface area contributed by atoms with E-state index in [-0.39, 0.29) is 11.7 Å². The molecule has 5 heteroatoms. The SMILES string of the molecule is Cc1nc(C)c(C(=O)N(C)c2cccc(N)c2)o1. The number of nitrogens with two attached hydrogens (primary N) is 1. The summed E-state index contributed by atoms with van der Waals surface area (Å²) in [6.07, 6.45) is 0. The average Bonchev–Trinajstić information content (AvgIpc) is 2.66. The first-order chi connectivity index (χ1) is 8.49. The van der Waals surface area contributed by atoms with E-state index < -0.39 is 0 Å². The molecular formula is C13H15N3O2. The Kier molecular flexibility index (Phi) is 3.06. The second kappa shape index (κ2) is 4.52. The Morgan fingerprint density at radius 1 is 1.39 bits per heavy atom. The van der Waals surface area contributed by atoms with E-state index in [0.29, 0.717) is 23.0 Å². The van der Waals surface area contributed by atoms with E-state index in [1.165, 1.54) is 4.90 Å². The molecule has 0 radical (unpaired) electrons. The minimum absolute atomic E-state index is 0.237. The lowest BCUT2D eigenvalue weighted by Crippen LogP contribution is -2.26. The monoisotopic (exact) mass is 245 g/mol. The Bertz CT molecular complexity index is 590. The minimum atomic E-state index is -0.237. The largest absolute Gasteiger partial charge is 0.436 e. The molecule has 1 heterocycles. The van der Waals surface area contributed by atoms with Crippen LogP contribution in [-0.4, -0.2) is 17.9 Å². The summed E-state index contributed by atoms with van der Waals surface area (Å²) < 4.78 is 5.32. The van der Waals surface area contributed by atoms with Crippen LogP contribution in [0.2, 0.25) is 0 Å². The van der Waals surface area contributed by atoms with Crippen molar-refractivity contribution in [2.75, 3.05) is 17.7 Å². The molecule has 0 aliphatic heterocycles. The summed E-state index contributed by atoms with van der Waals surface area (Å²) in [5.74, 6) is 0.507. The Labute approximate surface area is 105 Å². The number of oxazole rings is 1. The Hall–Kier alpha value is -2.30. The number of nitrogens with zero attached hydrogens (tertiary/aromatic N) is 2. The summed E-state index contributed by atoms with van der Waals surface area (Å²) in [5.41, 5.74) is 7.61. The van der Waals surface area contributed by atoms with Gasteiger partial charge < -0.3 is 15.1 Å². The van der Waals surface area contributed by atoms with Gasteiger partial charge in [-0.15, -0.1) is 0 Å². The van der Waals surface area contributed by atoms with Crippen molar-refractivity contribution >= 4 is 17.3 Å². The smallest absolute Gasteiger partial charge is 0.295 e. The molecule has 1 amide bonds. The van der Waals surface area contributed by atoms with Gasteiger partial charge in [0.25, 0.3) is 5.91 Å². The third-order valence-corrected chi connectivity index (χ3v) is 2.66. The summed E-state index contributed by atoms with van der Waals surface area (Å²) in [4.78, 5) is 17.8. The number of rotatable bonds is 2. The fourth-order valence-electron chi connectivity index (χ4n) is 1.73. The van der Waals surface area contributed by atoms with Crippen molar-refractivity contribution in [1.29, 1.82) is 0 Å². The average molecular weight is 245 g/mol. The fraction of sp³-hybridized carbons (Fsp3) is 0.231. The number of anilines is 2. The predicted molar refractivity (Wildman–Crippen MR) is 69.6 cm³/mol. The number of aromatic nitrogens is 1. The van der Waals surface area contributed by atoms with E-state index in [0.717, 1.165) is 0 Å². The number of carbonyl (C=O) groups excluding carboxylic acids is 1. The van der Waals surface area contributed by atoms with E-state index in [1.807, 2.05) is 6.07 Å². The number of carbonyl (C=O) groups is 1. The first kappa shape index (κ1) is 12.2. The maximum absolute atomic E-state index is 12.2. The van der Waals surface area contributed by atoms with Crippen LogP contribution < -0.4 is 10.6 Å². The predicted octanol–water partition coefficient (Wildman–Crippen LogP) is 2.15. The van der Waals surface area contributed by atoms with Crippen molar-refractivity contribution in [3.63, 3.8) is 0 Å². The first-order valence-corrected chi connectivity index (χ1v) is 5.56. The zero-order chi connectivity index (χ0) is 13.3. The van der Waals surface area contributed by atoms with Crippen LogP contribution in [0, 0.1) is 13.8 Å². The van der Waals surface area contributed by atoms with E-state index in [9.17, 15) is 4.79 Å². The van der Waals surface area contributed by atoms with E-state index in [2.05, 4.69) is 4.98 Å². The van der Waals surface area contributed by atoms with E-state index >= 15 is 0 Å². The van der Waals surface area contributed by atoms with Gasteiger partial charge in [0, 0.05) is 25.3 Å². The van der Waals surface area contributed by atoms with Crippen LogP contribution in [0.5, 0.6) is 0 Å². The van der Waals surface area contributed by atoms with Crippen molar-refractivity contribution < 1.29 is 9.21 Å². The molecule has 0 unspecified atom stereocenters. The van der Waals surface area contributed by atoms with Gasteiger partial charge in [-0.2, -0.15) is 0 Å². The molecule has 5 nitrogen and oxygen atoms in total. The highest BCUT2D eigenvalue weighted by Gasteiger charge is 2.20. The lowest BCUT2D eigenvalue weighted by atomic mass is 10.2. The zero-order valence-corrected chi connectivity index (χ0v) is 10.6. The van der Waals surface area contributed by atoms with Crippen molar-refractivity contribution in [3.05, 3.63) is 41.6 Å². The number of amides is 1. The molecule has 94 valence electrons. The summed E-state index contributed by atoms with van der Waals surface area (Å²) in [5, 5.41) is 0. The van der Waals surface area contributed by atoms with E-state index in [4.69, 9.17) is 10.2 Å². The molecule has 1 aromatic carbocycles. The normalized spacial score (nSPS) is 10.4. The second-order valence-electron chi connectivity index (χ2n) is 4.11. The van der Waals surface area contributed by atoms with Crippen molar-refractivity contribution in [2.45, 2.75) is 13.8 Å². The molecule has 1 aromatic heterocycles. The van der Waals surface area contributed by atoms with Gasteiger partial charge >= 0.3 is 0 Å². The fourth-order valence-corrected chi connectivity index (χ4v) is 1.73. The summed E-state index contributed by atoms with van der Waals surface area (Å²) in [6, 6.07) is 7.11. The van der Waals surface area contributed by atoms with Crippen LogP contribution in [-0.2, 0) is 0 Å². The highest BCUT2D eigenvalue weighted by molar-refractivity contribution is 6.04. The number of nitrogen functional groups attached to an aromatic ring is 1. The van der Waals surface area contributed by atoms with Crippen LogP contribution in [0.1, 0.15) is 22.1 Å². The highest BCUT2D eigenvalue weighted by Crippen LogP contribution is 2.20. The van der Waals surface area contributed by atoms with Gasteiger partial charge in [0.2, 0.25) is 5.76 Å². The van der Waals surface area contributed by atoms with Gasteiger partial charge in [0.15, 0.2) is 5.89 Å². The lowest BCUT2D eigenvalue weighted by molar-refractivity contribution is 0.0964. The van der Waals surface area contributed by atoms with Crippen LogP contribution in [0.15, 0.2) is 28.7 Å². The van der Waals surface area contributed by atoms with Crippen molar-refractivity contribution in [3.8, 4) is 0 Å². The quantitative estimate of drug-likeness (QED) is 0.823. The molecule has 0 fully saturated rings. The van der Waals surface area contributed by atoms with Gasteiger partial charge in [-0.05, 0) is 25.1 Å². The molecule has 0 saturated heterocycles. The first-order valence-electron chi connectivity index (χ1n) is 5.56. The van der Waals surface area contributed by atoms with Gasteiger partial charge in [-0.25, -0.2) is 4.98 Å². The number of hydrogen-bond donors (Lipinski definition) is 1. The molecular weight excluding hydrogens is 230 g/mol. The maximum Gasteiger partial charge on any atom is 0.295 e. The van der Waals surface area contributed by atoms with Gasteiger partial charge in [-0.3, -0.25) is 4.79 Å². The Balaban J connectivity index is 2.32. The number of hydrogen-bond acceptors (Lipinski definition) is 4. The molecule has 0 atom stereocenters. The molecule has 0 bridgehead atoms. The topological polar surface area (TPSA) is 72.4 Å². The Morgan fingerprint density at radius 3 is 2.67 bits per heavy atom. The molecule has 0 aliphatic carbocycles. The third kappa shape index (κ3) is 2.20. The Morgan fingerprint density at radius 2 is 2.11 bits per heavy atom. The molecule has 2 N–H and O–H groups in total. The molecule has 0 spiro atoms. The summed E-state index contributed by atoms with van der Waals surface area (Å²) in [7, 11) is 1.68. The summed E-state index contributed by atoms with van der Waals surface area (Å²) >= 11 is 0. The molecule has 2 aromatic rings. The second-order valence-corrected chi connectivity index (χ2v) is 4.11. The third-order valence-electron chi connectivity index (χ3n) is 2.66. The van der Waals surface area contributed by atoms with Gasteiger partial charge in [0.1, 0.15) is 0 Å². The summed E-state index contributed by atoms with van der Waals surface area (Å²) in [6.45, 7) is 3.46. The number of aryl methyl sites for hydroxylation is 2. The number of benzene rings is 1. The molecule has 0 aliphatic rings. The zero-order valence-electron chi connectivity index (χ0n) is 10.6. The minimum Gasteiger partial charge on any atom is -0.436 e.